The molecular weight excluding hydrogens is 238 g/mol. The van der Waals surface area contributed by atoms with Gasteiger partial charge in [-0.2, -0.15) is 0 Å². The minimum Gasteiger partial charge on any atom is -0.465 e. The van der Waals surface area contributed by atoms with Gasteiger partial charge >= 0.3 is 11.7 Å². The summed E-state index contributed by atoms with van der Waals surface area (Å²) in [5, 5.41) is 2.85. The van der Waals surface area contributed by atoms with Crippen molar-refractivity contribution in [2.75, 3.05) is 19.7 Å². The highest BCUT2D eigenvalue weighted by Gasteiger charge is 2.02. The molecule has 100 valence electrons. The summed E-state index contributed by atoms with van der Waals surface area (Å²) in [5.74, 6) is -0.331. The Balaban J connectivity index is 2.45. The molecule has 1 rings (SSSR count). The summed E-state index contributed by atoms with van der Waals surface area (Å²) < 4.78 is 6.12. The molecule has 1 aromatic rings. The standard InChI is InChI=1S/C11H17N3O4/c1-3-18-9(15)6-12-4-5-14-7-8(2)10(16)13-11(14)17/h7,12H,3-6H2,1-2H3,(H,13,16,17). The lowest BCUT2D eigenvalue weighted by atomic mass is 10.4. The molecule has 0 aliphatic rings. The van der Waals surface area contributed by atoms with Gasteiger partial charge in [-0.05, 0) is 13.8 Å². The van der Waals surface area contributed by atoms with Crippen molar-refractivity contribution in [2.24, 2.45) is 0 Å². The third-order valence-electron chi connectivity index (χ3n) is 2.29. The number of carbonyl (C=O) groups is 1. The van der Waals surface area contributed by atoms with Crippen LogP contribution in [-0.4, -0.2) is 35.2 Å². The van der Waals surface area contributed by atoms with Crippen molar-refractivity contribution in [2.45, 2.75) is 20.4 Å². The Morgan fingerprint density at radius 3 is 2.89 bits per heavy atom. The van der Waals surface area contributed by atoms with E-state index in [0.29, 0.717) is 25.3 Å². The van der Waals surface area contributed by atoms with Crippen LogP contribution in [0.2, 0.25) is 0 Å². The van der Waals surface area contributed by atoms with Crippen molar-refractivity contribution in [3.8, 4) is 0 Å². The number of nitrogens with zero attached hydrogens (tertiary/aromatic N) is 1. The lowest BCUT2D eigenvalue weighted by Gasteiger charge is -2.07. The van der Waals surface area contributed by atoms with Crippen LogP contribution >= 0.6 is 0 Å². The molecule has 2 N–H and O–H groups in total. The van der Waals surface area contributed by atoms with E-state index in [1.54, 1.807) is 13.8 Å². The fraction of sp³-hybridized carbons (Fsp3) is 0.545. The number of esters is 1. The van der Waals surface area contributed by atoms with Crippen LogP contribution < -0.4 is 16.6 Å². The maximum absolute atomic E-state index is 11.4. The van der Waals surface area contributed by atoms with Gasteiger partial charge in [-0.15, -0.1) is 0 Å². The van der Waals surface area contributed by atoms with Gasteiger partial charge in [0.1, 0.15) is 0 Å². The Kier molecular flexibility index (Phi) is 5.31. The highest BCUT2D eigenvalue weighted by atomic mass is 16.5. The molecule has 0 radical (unpaired) electrons. The Morgan fingerprint density at radius 2 is 2.22 bits per heavy atom. The second-order valence-corrected chi connectivity index (χ2v) is 3.75. The Bertz CT molecular complexity index is 518. The molecule has 7 nitrogen and oxygen atoms in total. The topological polar surface area (TPSA) is 93.2 Å². The van der Waals surface area contributed by atoms with E-state index in [9.17, 15) is 14.4 Å². The van der Waals surface area contributed by atoms with E-state index in [4.69, 9.17) is 4.74 Å². The zero-order chi connectivity index (χ0) is 13.5. The Hall–Kier alpha value is -1.89. The predicted octanol–water partition coefficient (Wildman–Crippen LogP) is -1.00. The molecule has 0 aromatic carbocycles. The second kappa shape index (κ2) is 6.75. The van der Waals surface area contributed by atoms with Crippen LogP contribution in [0.25, 0.3) is 0 Å². The lowest BCUT2D eigenvalue weighted by Crippen LogP contribution is -2.35. The summed E-state index contributed by atoms with van der Waals surface area (Å²) in [6.45, 7) is 4.62. The minimum atomic E-state index is -0.455. The molecule has 18 heavy (non-hydrogen) atoms. The van der Waals surface area contributed by atoms with Gasteiger partial charge in [-0.25, -0.2) is 4.79 Å². The van der Waals surface area contributed by atoms with Crippen molar-refractivity contribution in [1.29, 1.82) is 0 Å². The molecule has 0 unspecified atom stereocenters. The largest absolute Gasteiger partial charge is 0.465 e. The van der Waals surface area contributed by atoms with Crippen molar-refractivity contribution in [3.63, 3.8) is 0 Å². The molecule has 0 atom stereocenters. The van der Waals surface area contributed by atoms with E-state index in [1.165, 1.54) is 10.8 Å². The van der Waals surface area contributed by atoms with Gasteiger partial charge in [0.05, 0.1) is 13.2 Å². The maximum atomic E-state index is 11.4. The van der Waals surface area contributed by atoms with E-state index >= 15 is 0 Å². The predicted molar refractivity (Wildman–Crippen MR) is 65.6 cm³/mol. The molecule has 0 bridgehead atoms. The summed E-state index contributed by atoms with van der Waals surface area (Å²) in [6, 6.07) is 0. The molecular formula is C11H17N3O4. The summed E-state index contributed by atoms with van der Waals surface area (Å²) in [4.78, 5) is 35.8. The van der Waals surface area contributed by atoms with Crippen LogP contribution in [0.4, 0.5) is 0 Å². The third-order valence-corrected chi connectivity index (χ3v) is 2.29. The Morgan fingerprint density at radius 1 is 1.50 bits per heavy atom. The average Bonchev–Trinajstić information content (AvgIpc) is 2.31. The number of hydrogen-bond acceptors (Lipinski definition) is 5. The van der Waals surface area contributed by atoms with Crippen LogP contribution in [0.15, 0.2) is 15.8 Å². The van der Waals surface area contributed by atoms with Gasteiger partial charge in [0, 0.05) is 24.8 Å². The fourth-order valence-corrected chi connectivity index (χ4v) is 1.39. The quantitative estimate of drug-likeness (QED) is 0.502. The first-order chi connectivity index (χ1) is 8.54. The fourth-order valence-electron chi connectivity index (χ4n) is 1.39. The van der Waals surface area contributed by atoms with Crippen LogP contribution in [0.5, 0.6) is 0 Å². The SMILES string of the molecule is CCOC(=O)CNCCn1cc(C)c(=O)[nH]c1=O. The van der Waals surface area contributed by atoms with Crippen LogP contribution in [0.1, 0.15) is 12.5 Å². The van der Waals surface area contributed by atoms with Gasteiger partial charge < -0.3 is 10.1 Å². The highest BCUT2D eigenvalue weighted by Crippen LogP contribution is 1.83. The molecule has 0 saturated heterocycles. The monoisotopic (exact) mass is 255 g/mol. The van der Waals surface area contributed by atoms with Crippen molar-refractivity contribution < 1.29 is 9.53 Å². The normalized spacial score (nSPS) is 10.3. The summed E-state index contributed by atoms with van der Waals surface area (Å²) >= 11 is 0. The molecule has 0 amide bonds. The highest BCUT2D eigenvalue weighted by molar-refractivity contribution is 5.71. The van der Waals surface area contributed by atoms with E-state index in [-0.39, 0.29) is 18.1 Å². The van der Waals surface area contributed by atoms with E-state index < -0.39 is 5.69 Å². The molecule has 0 aliphatic carbocycles. The summed E-state index contributed by atoms with van der Waals surface area (Å²) in [6.07, 6.45) is 1.49. The minimum absolute atomic E-state index is 0.102. The van der Waals surface area contributed by atoms with Crippen molar-refractivity contribution in [3.05, 3.63) is 32.6 Å². The maximum Gasteiger partial charge on any atom is 0.328 e. The zero-order valence-electron chi connectivity index (χ0n) is 10.5. The van der Waals surface area contributed by atoms with Gasteiger partial charge in [-0.1, -0.05) is 0 Å². The molecule has 1 aromatic heterocycles. The zero-order valence-corrected chi connectivity index (χ0v) is 10.5. The molecule has 0 aliphatic heterocycles. The molecule has 0 spiro atoms. The number of carbonyl (C=O) groups excluding carboxylic acids is 1. The average molecular weight is 255 g/mol. The van der Waals surface area contributed by atoms with E-state index in [2.05, 4.69) is 10.3 Å². The first-order valence-electron chi connectivity index (χ1n) is 5.71. The Labute approximate surface area is 104 Å². The van der Waals surface area contributed by atoms with Crippen molar-refractivity contribution >= 4 is 5.97 Å². The van der Waals surface area contributed by atoms with Crippen LogP contribution in [0.3, 0.4) is 0 Å². The number of aryl methyl sites for hydroxylation is 1. The smallest absolute Gasteiger partial charge is 0.328 e. The lowest BCUT2D eigenvalue weighted by molar-refractivity contribution is -0.141. The number of rotatable bonds is 6. The number of H-pyrrole nitrogens is 1. The molecule has 0 fully saturated rings. The first kappa shape index (κ1) is 14.2. The van der Waals surface area contributed by atoms with Gasteiger partial charge in [0.15, 0.2) is 0 Å². The number of nitrogens with one attached hydrogen (secondary N) is 2. The van der Waals surface area contributed by atoms with Gasteiger partial charge in [0.2, 0.25) is 0 Å². The summed E-state index contributed by atoms with van der Waals surface area (Å²) in [7, 11) is 0. The first-order valence-corrected chi connectivity index (χ1v) is 5.71. The number of hydrogen-bond donors (Lipinski definition) is 2. The molecule has 0 saturated carbocycles. The van der Waals surface area contributed by atoms with Crippen LogP contribution in [0, 0.1) is 6.92 Å². The molecule has 7 heteroatoms. The van der Waals surface area contributed by atoms with Crippen LogP contribution in [-0.2, 0) is 16.1 Å². The number of ether oxygens (including phenoxy) is 1. The van der Waals surface area contributed by atoms with Crippen molar-refractivity contribution in [1.82, 2.24) is 14.9 Å². The number of aromatic amines is 1. The van der Waals surface area contributed by atoms with E-state index in [0.717, 1.165) is 0 Å². The van der Waals surface area contributed by atoms with Gasteiger partial charge in [0.25, 0.3) is 5.56 Å². The second-order valence-electron chi connectivity index (χ2n) is 3.75. The number of aromatic nitrogens is 2. The third kappa shape index (κ3) is 4.17. The molecule has 1 heterocycles. The van der Waals surface area contributed by atoms with Gasteiger partial charge in [-0.3, -0.25) is 19.1 Å². The van der Waals surface area contributed by atoms with E-state index in [1.807, 2.05) is 0 Å². The summed E-state index contributed by atoms with van der Waals surface area (Å²) in [5.41, 5.74) is -0.362.